The van der Waals surface area contributed by atoms with Gasteiger partial charge in [0, 0.05) is 18.5 Å². The molecule has 1 heterocycles. The van der Waals surface area contributed by atoms with E-state index in [1.54, 1.807) is 15.9 Å². The molecule has 0 atom stereocenters. The minimum atomic E-state index is -3.44. The van der Waals surface area contributed by atoms with Crippen LogP contribution in [0.3, 0.4) is 0 Å². The number of hydrogen-bond acceptors (Lipinski definition) is 3. The summed E-state index contributed by atoms with van der Waals surface area (Å²) in [4.78, 5) is 0.389. The number of sulfonamides is 1. The SMILES string of the molecule is Cc1nn(CCCl)c(C)c1S(=O)(=O)N(CC1CC1)C1CC1. The van der Waals surface area contributed by atoms with Crippen LogP contribution < -0.4 is 0 Å². The minimum absolute atomic E-state index is 0.200. The maximum Gasteiger partial charge on any atom is 0.247 e. The summed E-state index contributed by atoms with van der Waals surface area (Å²) in [6.45, 7) is 4.80. The van der Waals surface area contributed by atoms with Gasteiger partial charge in [-0.1, -0.05) is 0 Å². The third-order valence-corrected chi connectivity index (χ3v) is 6.61. The minimum Gasteiger partial charge on any atom is -0.267 e. The van der Waals surface area contributed by atoms with Crippen molar-refractivity contribution in [2.45, 2.75) is 57.0 Å². The molecule has 2 aliphatic carbocycles. The third kappa shape index (κ3) is 2.98. The van der Waals surface area contributed by atoms with E-state index in [0.717, 1.165) is 25.7 Å². The molecule has 2 fully saturated rings. The maximum atomic E-state index is 13.1. The van der Waals surface area contributed by atoms with Crippen LogP contribution in [0.1, 0.15) is 37.1 Å². The number of nitrogens with zero attached hydrogens (tertiary/aromatic N) is 3. The molecule has 118 valence electrons. The number of aryl methyl sites for hydroxylation is 2. The fourth-order valence-electron chi connectivity index (χ4n) is 2.83. The molecule has 7 heteroatoms. The molecule has 1 aromatic heterocycles. The van der Waals surface area contributed by atoms with Gasteiger partial charge >= 0.3 is 0 Å². The highest BCUT2D eigenvalue weighted by Gasteiger charge is 2.42. The first-order chi connectivity index (χ1) is 9.95. The first kappa shape index (κ1) is 15.3. The van der Waals surface area contributed by atoms with Crippen molar-refractivity contribution in [3.05, 3.63) is 11.4 Å². The highest BCUT2D eigenvalue weighted by molar-refractivity contribution is 7.89. The van der Waals surface area contributed by atoms with Crippen LogP contribution in [-0.2, 0) is 16.6 Å². The van der Waals surface area contributed by atoms with Gasteiger partial charge < -0.3 is 0 Å². The van der Waals surface area contributed by atoms with E-state index in [1.807, 2.05) is 6.92 Å². The Balaban J connectivity index is 1.96. The van der Waals surface area contributed by atoms with Crippen LogP contribution >= 0.6 is 11.6 Å². The lowest BCUT2D eigenvalue weighted by Crippen LogP contribution is -2.35. The van der Waals surface area contributed by atoms with Gasteiger partial charge in [0.05, 0.1) is 17.9 Å². The van der Waals surface area contributed by atoms with Crippen LogP contribution in [0, 0.1) is 19.8 Å². The van der Waals surface area contributed by atoms with Crippen molar-refractivity contribution in [2.24, 2.45) is 5.92 Å². The van der Waals surface area contributed by atoms with Gasteiger partial charge in [0.25, 0.3) is 0 Å². The molecule has 1 aromatic rings. The molecule has 0 N–H and O–H groups in total. The summed E-state index contributed by atoms with van der Waals surface area (Å²) in [6.07, 6.45) is 4.28. The Bertz CT molecular complexity index is 633. The van der Waals surface area contributed by atoms with Crippen molar-refractivity contribution in [2.75, 3.05) is 12.4 Å². The Labute approximate surface area is 131 Å². The first-order valence-corrected chi connectivity index (χ1v) is 9.54. The Hall–Kier alpha value is -0.590. The van der Waals surface area contributed by atoms with E-state index in [9.17, 15) is 8.42 Å². The average Bonchev–Trinajstić information content (AvgIpc) is 3.28. The van der Waals surface area contributed by atoms with Crippen LogP contribution in [0.4, 0.5) is 0 Å². The Kier molecular flexibility index (Phi) is 4.05. The van der Waals surface area contributed by atoms with Gasteiger partial charge in [-0.3, -0.25) is 4.68 Å². The molecule has 0 aliphatic heterocycles. The number of alkyl halides is 1. The predicted molar refractivity (Wildman–Crippen MR) is 82.1 cm³/mol. The van der Waals surface area contributed by atoms with Gasteiger partial charge in [-0.05, 0) is 45.4 Å². The number of halogens is 1. The van der Waals surface area contributed by atoms with Gasteiger partial charge in [0.1, 0.15) is 4.90 Å². The van der Waals surface area contributed by atoms with Gasteiger partial charge in [-0.15, -0.1) is 11.6 Å². The molecule has 0 radical (unpaired) electrons. The Morgan fingerprint density at radius 2 is 1.95 bits per heavy atom. The van der Waals surface area contributed by atoms with Crippen molar-refractivity contribution in [1.29, 1.82) is 0 Å². The van der Waals surface area contributed by atoms with E-state index in [0.29, 0.717) is 41.2 Å². The molecule has 0 aromatic carbocycles. The quantitative estimate of drug-likeness (QED) is 0.720. The molecule has 3 rings (SSSR count). The molecule has 0 unspecified atom stereocenters. The molecule has 0 saturated heterocycles. The first-order valence-electron chi connectivity index (χ1n) is 7.57. The van der Waals surface area contributed by atoms with Crippen LogP contribution in [0.15, 0.2) is 4.90 Å². The molecule has 2 aliphatic rings. The van der Waals surface area contributed by atoms with E-state index in [1.165, 1.54) is 0 Å². The molecule has 5 nitrogen and oxygen atoms in total. The topological polar surface area (TPSA) is 55.2 Å². The zero-order valence-corrected chi connectivity index (χ0v) is 14.1. The normalized spacial score (nSPS) is 19.4. The van der Waals surface area contributed by atoms with E-state index < -0.39 is 10.0 Å². The highest BCUT2D eigenvalue weighted by Crippen LogP contribution is 2.39. The zero-order chi connectivity index (χ0) is 15.2. The van der Waals surface area contributed by atoms with Crippen LogP contribution in [0.25, 0.3) is 0 Å². The number of hydrogen-bond donors (Lipinski definition) is 0. The average molecular weight is 332 g/mol. The van der Waals surface area contributed by atoms with Crippen LogP contribution in [0.2, 0.25) is 0 Å². The molecular formula is C14H22ClN3O2S. The van der Waals surface area contributed by atoms with Crippen molar-refractivity contribution in [3.63, 3.8) is 0 Å². The van der Waals surface area contributed by atoms with Gasteiger partial charge in [0.2, 0.25) is 10.0 Å². The molecule has 0 amide bonds. The number of aromatic nitrogens is 2. The second-order valence-electron chi connectivity index (χ2n) is 6.16. The van der Waals surface area contributed by atoms with Crippen molar-refractivity contribution in [3.8, 4) is 0 Å². The largest absolute Gasteiger partial charge is 0.267 e. The lowest BCUT2D eigenvalue weighted by atomic mass is 10.4. The third-order valence-electron chi connectivity index (χ3n) is 4.27. The van der Waals surface area contributed by atoms with E-state index in [-0.39, 0.29) is 6.04 Å². The molecule has 21 heavy (non-hydrogen) atoms. The van der Waals surface area contributed by atoms with E-state index >= 15 is 0 Å². The van der Waals surface area contributed by atoms with Crippen LogP contribution in [0.5, 0.6) is 0 Å². The van der Waals surface area contributed by atoms with Crippen molar-refractivity contribution < 1.29 is 8.42 Å². The summed E-state index contributed by atoms with van der Waals surface area (Å²) in [7, 11) is -3.44. The van der Waals surface area contributed by atoms with Crippen molar-refractivity contribution in [1.82, 2.24) is 14.1 Å². The van der Waals surface area contributed by atoms with Gasteiger partial charge in [0.15, 0.2) is 0 Å². The predicted octanol–water partition coefficient (Wildman–Crippen LogP) is 2.30. The summed E-state index contributed by atoms with van der Waals surface area (Å²) in [5.41, 5.74) is 1.29. The Morgan fingerprint density at radius 1 is 1.29 bits per heavy atom. The van der Waals surface area contributed by atoms with Crippen LogP contribution in [-0.4, -0.2) is 41.0 Å². The summed E-state index contributed by atoms with van der Waals surface area (Å²) in [6, 6.07) is 0.200. The zero-order valence-electron chi connectivity index (χ0n) is 12.5. The maximum absolute atomic E-state index is 13.1. The fraction of sp³-hybridized carbons (Fsp3) is 0.786. The summed E-state index contributed by atoms with van der Waals surface area (Å²) >= 11 is 5.76. The lowest BCUT2D eigenvalue weighted by Gasteiger charge is -2.22. The number of rotatable bonds is 7. The lowest BCUT2D eigenvalue weighted by molar-refractivity contribution is 0.388. The second kappa shape index (κ2) is 5.56. The monoisotopic (exact) mass is 331 g/mol. The Morgan fingerprint density at radius 3 is 2.48 bits per heavy atom. The van der Waals surface area contributed by atoms with Gasteiger partial charge in [-0.2, -0.15) is 9.40 Å². The molecular weight excluding hydrogens is 310 g/mol. The summed E-state index contributed by atoms with van der Waals surface area (Å²) in [5.74, 6) is 0.981. The van der Waals surface area contributed by atoms with E-state index in [4.69, 9.17) is 11.6 Å². The van der Waals surface area contributed by atoms with Gasteiger partial charge in [-0.25, -0.2) is 8.42 Å². The fourth-order valence-corrected chi connectivity index (χ4v) is 5.13. The summed E-state index contributed by atoms with van der Waals surface area (Å²) < 4.78 is 29.6. The smallest absolute Gasteiger partial charge is 0.247 e. The summed E-state index contributed by atoms with van der Waals surface area (Å²) in [5, 5.41) is 4.35. The highest BCUT2D eigenvalue weighted by atomic mass is 35.5. The standard InChI is InChI=1S/C14H22ClN3O2S/c1-10-14(11(2)17(16-10)8-7-15)21(19,20)18(13-5-6-13)9-12-3-4-12/h12-13H,3-9H2,1-2H3. The molecule has 0 spiro atoms. The van der Waals surface area contributed by atoms with E-state index in [2.05, 4.69) is 5.10 Å². The second-order valence-corrected chi connectivity index (χ2v) is 8.37. The van der Waals surface area contributed by atoms with Crippen molar-refractivity contribution >= 4 is 21.6 Å². The molecule has 2 saturated carbocycles. The molecule has 0 bridgehead atoms.